The van der Waals surface area contributed by atoms with E-state index in [1.807, 2.05) is 0 Å². The summed E-state index contributed by atoms with van der Waals surface area (Å²) in [4.78, 5) is 12.8. The van der Waals surface area contributed by atoms with E-state index in [9.17, 15) is 9.90 Å². The molecule has 0 unspecified atom stereocenters. The minimum atomic E-state index is -0.572. The molecule has 0 spiro atoms. The van der Waals surface area contributed by atoms with E-state index in [0.29, 0.717) is 40.3 Å². The van der Waals surface area contributed by atoms with E-state index in [-0.39, 0.29) is 10.8 Å². The first kappa shape index (κ1) is 24.5. The van der Waals surface area contributed by atoms with Crippen LogP contribution in [0.15, 0.2) is 11.6 Å². The van der Waals surface area contributed by atoms with Crippen LogP contribution in [-0.4, -0.2) is 16.5 Å². The number of hydrogen-bond acceptors (Lipinski definition) is 2. The molecule has 4 fully saturated rings. The third kappa shape index (κ3) is 3.32. The van der Waals surface area contributed by atoms with Crippen LogP contribution in [0.2, 0.25) is 0 Å². The summed E-state index contributed by atoms with van der Waals surface area (Å²) in [5.41, 5.74) is 1.52. The zero-order chi connectivity index (χ0) is 23.7. The Hall–Kier alpha value is -0.630. The normalized spacial score (nSPS) is 47.1. The number of hydrogen-bond donors (Lipinski definition) is 1. The lowest BCUT2D eigenvalue weighted by Crippen LogP contribution is -2.63. The molecule has 4 aliphatic rings. The van der Waals surface area contributed by atoms with E-state index in [4.69, 9.17) is 0 Å². The van der Waals surface area contributed by atoms with Gasteiger partial charge in [0, 0.05) is 11.8 Å². The van der Waals surface area contributed by atoms with Gasteiger partial charge in [0.1, 0.15) is 5.78 Å². The smallest absolute Gasteiger partial charge is 0.138 e. The maximum Gasteiger partial charge on any atom is 0.138 e. The Morgan fingerprint density at radius 3 is 2.28 bits per heavy atom. The molecule has 2 heteroatoms. The van der Waals surface area contributed by atoms with Crippen LogP contribution in [0.1, 0.15) is 120 Å². The topological polar surface area (TPSA) is 37.3 Å². The standard InChI is InChI=1S/C30H50O2/c1-20(2)10-9-16-30(8,32)22-13-18-28(6)21(22)11-12-24-27(5)17-15-25(31)26(3,4)23(27)14-19-29(24,28)7/h10,21-24,32H,9,11-19H2,1-8H3/t21-,22+,23+,24+,27+,28-,29-,30+/m1/s1. The maximum absolute atomic E-state index is 12.8. The Bertz CT molecular complexity index is 787. The summed E-state index contributed by atoms with van der Waals surface area (Å²) < 4.78 is 0. The van der Waals surface area contributed by atoms with E-state index in [1.54, 1.807) is 0 Å². The second kappa shape index (κ2) is 7.69. The second-order valence-corrected chi connectivity index (χ2v) is 14.1. The molecular weight excluding hydrogens is 392 g/mol. The third-order valence-electron chi connectivity index (χ3n) is 12.1. The molecule has 2 nitrogen and oxygen atoms in total. The number of aliphatic hydroxyl groups is 1. The van der Waals surface area contributed by atoms with E-state index in [0.717, 1.165) is 25.7 Å². The number of allylic oxidation sites excluding steroid dienone is 2. The van der Waals surface area contributed by atoms with Gasteiger partial charge in [-0.2, -0.15) is 0 Å². The number of fused-ring (bicyclic) bond motifs is 5. The molecule has 32 heavy (non-hydrogen) atoms. The van der Waals surface area contributed by atoms with Crippen molar-refractivity contribution in [1.29, 1.82) is 0 Å². The first-order chi connectivity index (χ1) is 14.7. The quantitative estimate of drug-likeness (QED) is 0.452. The SMILES string of the molecule is CC(C)=CCC[C@](C)(O)[C@H]1CC[C@]2(C)[C@@H]1CC[C@H]1[C@@]3(C)CCC(=O)C(C)(C)[C@@H]3CC[C@]12C. The molecule has 182 valence electrons. The van der Waals surface area contributed by atoms with E-state index in [2.05, 4.69) is 61.5 Å². The van der Waals surface area contributed by atoms with Crippen molar-refractivity contribution in [2.24, 2.45) is 45.3 Å². The van der Waals surface area contributed by atoms with Crippen molar-refractivity contribution in [1.82, 2.24) is 0 Å². The van der Waals surface area contributed by atoms with Crippen LogP contribution in [0.3, 0.4) is 0 Å². The second-order valence-electron chi connectivity index (χ2n) is 14.1. The van der Waals surface area contributed by atoms with Crippen molar-refractivity contribution in [2.45, 2.75) is 125 Å². The summed E-state index contributed by atoms with van der Waals surface area (Å²) >= 11 is 0. The highest BCUT2D eigenvalue weighted by molar-refractivity contribution is 5.85. The molecule has 0 bridgehead atoms. The van der Waals surface area contributed by atoms with Gasteiger partial charge in [-0.15, -0.1) is 0 Å². The molecule has 0 radical (unpaired) electrons. The molecule has 0 aromatic rings. The number of rotatable bonds is 4. The maximum atomic E-state index is 12.8. The van der Waals surface area contributed by atoms with E-state index < -0.39 is 5.60 Å². The van der Waals surface area contributed by atoms with Gasteiger partial charge in [0.15, 0.2) is 0 Å². The fourth-order valence-corrected chi connectivity index (χ4v) is 10.1. The van der Waals surface area contributed by atoms with Crippen molar-refractivity contribution in [2.75, 3.05) is 0 Å². The van der Waals surface area contributed by atoms with Gasteiger partial charge in [-0.25, -0.2) is 0 Å². The van der Waals surface area contributed by atoms with Crippen LogP contribution in [0, 0.1) is 45.3 Å². The van der Waals surface area contributed by atoms with Crippen molar-refractivity contribution in [3.05, 3.63) is 11.6 Å². The monoisotopic (exact) mass is 442 g/mol. The summed E-state index contributed by atoms with van der Waals surface area (Å²) in [6.45, 7) is 18.7. The Labute approximate surface area is 198 Å². The largest absolute Gasteiger partial charge is 0.390 e. The summed E-state index contributed by atoms with van der Waals surface area (Å²) in [6.07, 6.45) is 13.5. The van der Waals surface area contributed by atoms with Crippen LogP contribution in [-0.2, 0) is 4.79 Å². The van der Waals surface area contributed by atoms with Crippen molar-refractivity contribution in [3.63, 3.8) is 0 Å². The Balaban J connectivity index is 1.62. The molecule has 0 saturated heterocycles. The van der Waals surface area contributed by atoms with E-state index in [1.165, 1.54) is 44.1 Å². The molecule has 1 N–H and O–H groups in total. The van der Waals surface area contributed by atoms with Crippen molar-refractivity contribution in [3.8, 4) is 0 Å². The molecule has 0 aromatic heterocycles. The molecule has 4 aliphatic carbocycles. The lowest BCUT2D eigenvalue weighted by atomic mass is 9.35. The first-order valence-corrected chi connectivity index (χ1v) is 13.6. The van der Waals surface area contributed by atoms with Crippen LogP contribution < -0.4 is 0 Å². The minimum absolute atomic E-state index is 0.168. The Morgan fingerprint density at radius 1 is 0.969 bits per heavy atom. The fraction of sp³-hybridized carbons (Fsp3) is 0.900. The average Bonchev–Trinajstić information content (AvgIpc) is 3.04. The van der Waals surface area contributed by atoms with Gasteiger partial charge in [0.2, 0.25) is 0 Å². The van der Waals surface area contributed by atoms with Gasteiger partial charge in [-0.1, -0.05) is 46.3 Å². The molecule has 0 heterocycles. The molecule has 4 rings (SSSR count). The average molecular weight is 443 g/mol. The lowest BCUT2D eigenvalue weighted by Gasteiger charge is -2.69. The van der Waals surface area contributed by atoms with Crippen LogP contribution >= 0.6 is 0 Å². The Morgan fingerprint density at radius 2 is 1.62 bits per heavy atom. The highest BCUT2D eigenvalue weighted by atomic mass is 16.3. The molecule has 0 amide bonds. The predicted octanol–water partition coefficient (Wildman–Crippen LogP) is 7.74. The van der Waals surface area contributed by atoms with Crippen LogP contribution in [0.5, 0.6) is 0 Å². The van der Waals surface area contributed by atoms with E-state index >= 15 is 0 Å². The molecule has 0 aromatic carbocycles. The number of ketones is 1. The number of Topliss-reactive ketones (excluding diaryl/α,β-unsaturated/α-hetero) is 1. The van der Waals surface area contributed by atoms with Gasteiger partial charge in [-0.05, 0) is 118 Å². The zero-order valence-electron chi connectivity index (χ0n) is 22.3. The third-order valence-corrected chi connectivity index (χ3v) is 12.1. The Kier molecular flexibility index (Phi) is 5.89. The minimum Gasteiger partial charge on any atom is -0.390 e. The summed E-state index contributed by atoms with van der Waals surface area (Å²) in [7, 11) is 0. The van der Waals surface area contributed by atoms with Gasteiger partial charge < -0.3 is 5.11 Å². The highest BCUT2D eigenvalue weighted by Crippen LogP contribution is 2.75. The number of carbonyl (C=O) groups is 1. The predicted molar refractivity (Wildman–Crippen MR) is 133 cm³/mol. The zero-order valence-corrected chi connectivity index (χ0v) is 22.3. The fourth-order valence-electron chi connectivity index (χ4n) is 10.1. The van der Waals surface area contributed by atoms with Crippen molar-refractivity contribution < 1.29 is 9.90 Å². The number of carbonyl (C=O) groups excluding carboxylic acids is 1. The molecular formula is C30H50O2. The molecule has 4 saturated carbocycles. The van der Waals surface area contributed by atoms with Crippen LogP contribution in [0.25, 0.3) is 0 Å². The van der Waals surface area contributed by atoms with Crippen LogP contribution in [0.4, 0.5) is 0 Å². The van der Waals surface area contributed by atoms with Gasteiger partial charge in [0.05, 0.1) is 5.60 Å². The van der Waals surface area contributed by atoms with Crippen molar-refractivity contribution >= 4 is 5.78 Å². The summed E-state index contributed by atoms with van der Waals surface area (Å²) in [5, 5.41) is 11.6. The summed E-state index contributed by atoms with van der Waals surface area (Å²) in [6, 6.07) is 0. The molecule has 0 aliphatic heterocycles. The summed E-state index contributed by atoms with van der Waals surface area (Å²) in [5.74, 6) is 2.78. The lowest BCUT2D eigenvalue weighted by molar-refractivity contribution is -0.207. The molecule has 8 atom stereocenters. The first-order valence-electron chi connectivity index (χ1n) is 13.6. The highest BCUT2D eigenvalue weighted by Gasteiger charge is 2.69. The van der Waals surface area contributed by atoms with Gasteiger partial charge >= 0.3 is 0 Å². The van der Waals surface area contributed by atoms with Gasteiger partial charge in [-0.3, -0.25) is 4.79 Å². The van der Waals surface area contributed by atoms with Gasteiger partial charge in [0.25, 0.3) is 0 Å².